The molecule has 4 aliphatic rings. The first-order chi connectivity index (χ1) is 25.5. The highest BCUT2D eigenvalue weighted by Crippen LogP contribution is 2.50. The quantitative estimate of drug-likeness (QED) is 0.184. The van der Waals surface area contributed by atoms with Crippen molar-refractivity contribution in [3.63, 3.8) is 0 Å². The summed E-state index contributed by atoms with van der Waals surface area (Å²) >= 11 is 0. The average molecular weight is 667 g/mol. The molecule has 2 heterocycles. The molecule has 1 aromatic heterocycles. The molecule has 3 aliphatic carbocycles. The Morgan fingerprint density at radius 2 is 1.08 bits per heavy atom. The van der Waals surface area contributed by atoms with Crippen LogP contribution in [0.3, 0.4) is 0 Å². The number of fused-ring (bicyclic) bond motifs is 5. The summed E-state index contributed by atoms with van der Waals surface area (Å²) in [5.41, 5.74) is 13.9. The van der Waals surface area contributed by atoms with E-state index in [9.17, 15) is 0 Å². The number of benzene rings is 5. The predicted molar refractivity (Wildman–Crippen MR) is 212 cm³/mol. The molecule has 0 fully saturated rings. The van der Waals surface area contributed by atoms with Crippen LogP contribution in [0.15, 0.2) is 164 Å². The predicted octanol–water partition coefficient (Wildman–Crippen LogP) is 9.75. The molecule has 6 aromatic rings. The van der Waals surface area contributed by atoms with Crippen molar-refractivity contribution >= 4 is 17.7 Å². The fourth-order valence-corrected chi connectivity index (χ4v) is 8.20. The molecule has 52 heavy (non-hydrogen) atoms. The number of pyridine rings is 1. The Morgan fingerprint density at radius 1 is 0.500 bits per heavy atom. The Balaban J connectivity index is 1.15. The van der Waals surface area contributed by atoms with Crippen molar-refractivity contribution in [3.05, 3.63) is 185 Å². The lowest BCUT2D eigenvalue weighted by atomic mass is 9.70. The van der Waals surface area contributed by atoms with Crippen LogP contribution in [-0.4, -0.2) is 19.5 Å². The van der Waals surface area contributed by atoms with Gasteiger partial charge in [-0.15, -0.1) is 0 Å². The lowest BCUT2D eigenvalue weighted by Gasteiger charge is -2.33. The lowest BCUT2D eigenvalue weighted by Crippen LogP contribution is -2.31. The van der Waals surface area contributed by atoms with Gasteiger partial charge < -0.3 is 0 Å². The van der Waals surface area contributed by atoms with Gasteiger partial charge in [0.2, 0.25) is 5.95 Å². The van der Waals surface area contributed by atoms with E-state index in [2.05, 4.69) is 176 Å². The van der Waals surface area contributed by atoms with Crippen LogP contribution >= 0.6 is 0 Å². The van der Waals surface area contributed by atoms with E-state index < -0.39 is 0 Å². The zero-order valence-corrected chi connectivity index (χ0v) is 29.0. The van der Waals surface area contributed by atoms with Gasteiger partial charge in [0, 0.05) is 34.5 Å². The molecule has 0 radical (unpaired) electrons. The van der Waals surface area contributed by atoms with E-state index in [1.54, 1.807) is 0 Å². The fraction of sp³-hybridized carbons (Fsp3) is 0.0625. The molecule has 0 spiro atoms. The maximum atomic E-state index is 5.16. The minimum Gasteiger partial charge on any atom is -0.292 e. The topological polar surface area (TPSA) is 43.6 Å². The first-order valence-corrected chi connectivity index (χ1v) is 17.8. The van der Waals surface area contributed by atoms with Gasteiger partial charge in [-0.3, -0.25) is 4.57 Å². The van der Waals surface area contributed by atoms with Gasteiger partial charge in [0.1, 0.15) is 0 Å². The van der Waals surface area contributed by atoms with E-state index in [1.807, 2.05) is 12.1 Å². The van der Waals surface area contributed by atoms with Crippen LogP contribution in [0, 0.1) is 0 Å². The van der Waals surface area contributed by atoms with Crippen LogP contribution in [0.4, 0.5) is 0 Å². The van der Waals surface area contributed by atoms with E-state index in [0.717, 1.165) is 33.4 Å². The highest BCUT2D eigenvalue weighted by atomic mass is 15.2. The second kappa shape index (κ2) is 11.7. The summed E-state index contributed by atoms with van der Waals surface area (Å²) in [5, 5.41) is 2.61. The van der Waals surface area contributed by atoms with E-state index in [0.29, 0.717) is 17.6 Å². The third kappa shape index (κ3) is 4.95. The monoisotopic (exact) mass is 666 g/mol. The molecule has 246 valence electrons. The zero-order valence-electron chi connectivity index (χ0n) is 29.0. The number of hydrogen-bond acceptors (Lipinski definition) is 3. The standard InChI is InChI=1S/C48H34N4/c1-48(2)43-39(27-35-17-9-10-22-41(35)43)29-40-28-36-23-24-52(30-42(36)44(40)48)47-50-45(37-20-11-18-33(25-37)31-13-5-3-6-14-31)49-46(51-47)38-21-12-19-34(26-38)32-15-7-4-8-16-32/h3-30H,1-2H3. The smallest absolute Gasteiger partial charge is 0.237 e. The summed E-state index contributed by atoms with van der Waals surface area (Å²) in [5.74, 6) is 1.83. The van der Waals surface area contributed by atoms with Crippen LogP contribution in [0.5, 0.6) is 0 Å². The molecule has 0 bridgehead atoms. The maximum Gasteiger partial charge on any atom is 0.237 e. The third-order valence-electron chi connectivity index (χ3n) is 10.6. The highest BCUT2D eigenvalue weighted by Gasteiger charge is 2.38. The van der Waals surface area contributed by atoms with Crippen molar-refractivity contribution in [2.75, 3.05) is 0 Å². The van der Waals surface area contributed by atoms with Crippen LogP contribution in [-0.2, 0) is 5.41 Å². The molecule has 10 rings (SSSR count). The van der Waals surface area contributed by atoms with Gasteiger partial charge in [-0.25, -0.2) is 4.98 Å². The van der Waals surface area contributed by atoms with Gasteiger partial charge in [-0.05, 0) is 96.9 Å². The molecule has 0 saturated carbocycles. The number of hydrogen-bond donors (Lipinski definition) is 0. The number of allylic oxidation sites excluding steroid dienone is 1. The number of aromatic nitrogens is 4. The van der Waals surface area contributed by atoms with Gasteiger partial charge in [0.05, 0.1) is 0 Å². The zero-order chi connectivity index (χ0) is 34.8. The Kier molecular flexibility index (Phi) is 6.80. The van der Waals surface area contributed by atoms with E-state index >= 15 is 0 Å². The summed E-state index contributed by atoms with van der Waals surface area (Å²) in [4.78, 5) is 15.4. The van der Waals surface area contributed by atoms with E-state index in [-0.39, 0.29) is 5.41 Å². The van der Waals surface area contributed by atoms with E-state index in [4.69, 9.17) is 15.0 Å². The Labute approximate surface area is 302 Å². The summed E-state index contributed by atoms with van der Waals surface area (Å²) < 4.78 is 2.06. The lowest BCUT2D eigenvalue weighted by molar-refractivity contribution is 0.689. The minimum atomic E-state index is -0.200. The van der Waals surface area contributed by atoms with Gasteiger partial charge in [-0.2, -0.15) is 9.97 Å². The van der Waals surface area contributed by atoms with Crippen LogP contribution in [0.25, 0.3) is 79.8 Å². The summed E-state index contributed by atoms with van der Waals surface area (Å²) in [6.07, 6.45) is 8.98. The molecule has 1 aliphatic heterocycles. The second-order valence-corrected chi connectivity index (χ2v) is 14.2. The van der Waals surface area contributed by atoms with Crippen molar-refractivity contribution in [1.82, 2.24) is 19.5 Å². The molecule has 0 atom stereocenters. The van der Waals surface area contributed by atoms with Gasteiger partial charge >= 0.3 is 0 Å². The Bertz CT molecular complexity index is 2710. The molecule has 0 N–H and O–H groups in total. The van der Waals surface area contributed by atoms with E-state index in [1.165, 1.54) is 43.8 Å². The molecule has 0 amide bonds. The largest absolute Gasteiger partial charge is 0.292 e. The fourth-order valence-electron chi connectivity index (χ4n) is 8.20. The first kappa shape index (κ1) is 30.2. The Hall–Kier alpha value is -6.65. The molecule has 4 nitrogen and oxygen atoms in total. The number of rotatable bonds is 5. The molecule has 4 heteroatoms. The van der Waals surface area contributed by atoms with Crippen molar-refractivity contribution in [2.45, 2.75) is 19.3 Å². The van der Waals surface area contributed by atoms with Crippen molar-refractivity contribution in [1.29, 1.82) is 0 Å². The van der Waals surface area contributed by atoms with Gasteiger partial charge in [0.15, 0.2) is 11.6 Å². The molecular weight excluding hydrogens is 633 g/mol. The summed E-state index contributed by atoms with van der Waals surface area (Å²) in [7, 11) is 0. The summed E-state index contributed by atoms with van der Waals surface area (Å²) in [6, 6.07) is 51.0. The SMILES string of the molecule is CC1(C)C2=c3ccccc3=CC2=Cc2cc3ccn(-c4nc(-c5cccc(-c6ccccc6)c5)nc(-c5cccc(-c6ccccc6)c5)n4)cc-3c21. The summed E-state index contributed by atoms with van der Waals surface area (Å²) in [6.45, 7) is 4.72. The van der Waals surface area contributed by atoms with Gasteiger partial charge in [0.25, 0.3) is 0 Å². The normalized spacial score (nSPS) is 14.0. The van der Waals surface area contributed by atoms with Crippen molar-refractivity contribution < 1.29 is 0 Å². The molecule has 0 unspecified atom stereocenters. The highest BCUT2D eigenvalue weighted by molar-refractivity contribution is 6.00. The van der Waals surface area contributed by atoms with Crippen molar-refractivity contribution in [2.24, 2.45) is 0 Å². The van der Waals surface area contributed by atoms with Crippen LogP contribution in [0.2, 0.25) is 0 Å². The number of nitrogens with zero attached hydrogens (tertiary/aromatic N) is 4. The molecule has 0 saturated heterocycles. The van der Waals surface area contributed by atoms with Crippen molar-refractivity contribution in [3.8, 4) is 62.1 Å². The first-order valence-electron chi connectivity index (χ1n) is 17.8. The molecule has 5 aromatic carbocycles. The maximum absolute atomic E-state index is 5.16. The third-order valence-corrected chi connectivity index (χ3v) is 10.6. The minimum absolute atomic E-state index is 0.200. The van der Waals surface area contributed by atoms with Crippen LogP contribution in [0.1, 0.15) is 25.0 Å². The molecular formula is C48H34N4. The van der Waals surface area contributed by atoms with Gasteiger partial charge in [-0.1, -0.05) is 135 Å². The average Bonchev–Trinajstić information content (AvgIpc) is 3.77. The Morgan fingerprint density at radius 3 is 1.73 bits per heavy atom. The van der Waals surface area contributed by atoms with Crippen LogP contribution < -0.4 is 10.4 Å². The second-order valence-electron chi connectivity index (χ2n) is 14.2.